The third-order valence-corrected chi connectivity index (χ3v) is 2.95. The number of hydrogen-bond acceptors (Lipinski definition) is 5. The predicted octanol–water partition coefficient (Wildman–Crippen LogP) is 1.49. The van der Waals surface area contributed by atoms with Crippen LogP contribution in [-0.2, 0) is 4.74 Å². The van der Waals surface area contributed by atoms with Crippen LogP contribution in [0.2, 0.25) is 0 Å². The standard InChI is InChI=1S/C12H13N3O3/c13-9-12(14-5-7-18-8-6-14)10-1-3-11(4-2-10)15(16)17/h1-4,12H,5-8H2/t12-/m0/s1. The molecule has 0 amide bonds. The van der Waals surface area contributed by atoms with Crippen molar-refractivity contribution < 1.29 is 9.66 Å². The van der Waals surface area contributed by atoms with Crippen LogP contribution in [0.3, 0.4) is 0 Å². The summed E-state index contributed by atoms with van der Waals surface area (Å²) in [5, 5.41) is 19.8. The normalized spacial score (nSPS) is 17.9. The highest BCUT2D eigenvalue weighted by atomic mass is 16.6. The van der Waals surface area contributed by atoms with Crippen molar-refractivity contribution in [1.29, 1.82) is 5.26 Å². The molecule has 6 nitrogen and oxygen atoms in total. The van der Waals surface area contributed by atoms with Crippen molar-refractivity contribution in [3.63, 3.8) is 0 Å². The summed E-state index contributed by atoms with van der Waals surface area (Å²) in [6.07, 6.45) is 0. The van der Waals surface area contributed by atoms with Crippen molar-refractivity contribution in [2.45, 2.75) is 6.04 Å². The minimum atomic E-state index is -0.445. The van der Waals surface area contributed by atoms with Crippen LogP contribution < -0.4 is 0 Å². The molecule has 0 unspecified atom stereocenters. The van der Waals surface area contributed by atoms with E-state index in [4.69, 9.17) is 4.74 Å². The van der Waals surface area contributed by atoms with Crippen LogP contribution >= 0.6 is 0 Å². The Labute approximate surface area is 105 Å². The molecule has 1 aliphatic rings. The first kappa shape index (κ1) is 12.5. The lowest BCUT2D eigenvalue weighted by Gasteiger charge is -2.30. The van der Waals surface area contributed by atoms with Crippen molar-refractivity contribution in [2.75, 3.05) is 26.3 Å². The number of nitrogens with zero attached hydrogens (tertiary/aromatic N) is 3. The fourth-order valence-corrected chi connectivity index (χ4v) is 1.98. The Bertz CT molecular complexity index is 460. The number of nitro groups is 1. The van der Waals surface area contributed by atoms with Crippen LogP contribution in [0.15, 0.2) is 24.3 Å². The highest BCUT2D eigenvalue weighted by Gasteiger charge is 2.22. The number of ether oxygens (including phenoxy) is 1. The molecule has 18 heavy (non-hydrogen) atoms. The van der Waals surface area contributed by atoms with Crippen LogP contribution in [0.1, 0.15) is 11.6 Å². The summed E-state index contributed by atoms with van der Waals surface area (Å²) < 4.78 is 5.24. The first-order valence-corrected chi connectivity index (χ1v) is 5.68. The molecule has 1 fully saturated rings. The number of rotatable bonds is 3. The molecule has 2 rings (SSSR count). The van der Waals surface area contributed by atoms with E-state index in [2.05, 4.69) is 6.07 Å². The molecule has 94 valence electrons. The van der Waals surface area contributed by atoms with Gasteiger partial charge < -0.3 is 4.74 Å². The molecule has 0 spiro atoms. The maximum atomic E-state index is 10.6. The summed E-state index contributed by atoms with van der Waals surface area (Å²) >= 11 is 0. The predicted molar refractivity (Wildman–Crippen MR) is 63.8 cm³/mol. The van der Waals surface area contributed by atoms with Crippen LogP contribution in [-0.4, -0.2) is 36.1 Å². The molecular weight excluding hydrogens is 234 g/mol. The molecule has 1 saturated heterocycles. The molecule has 0 bridgehead atoms. The quantitative estimate of drug-likeness (QED) is 0.597. The van der Waals surface area contributed by atoms with Gasteiger partial charge in [0.1, 0.15) is 6.04 Å². The van der Waals surface area contributed by atoms with Gasteiger partial charge >= 0.3 is 0 Å². The summed E-state index contributed by atoms with van der Waals surface area (Å²) in [5.41, 5.74) is 0.822. The molecule has 1 atom stereocenters. The SMILES string of the molecule is N#C[C@@H](c1ccc([N+](=O)[O-])cc1)N1CCOCC1. The first-order valence-electron chi connectivity index (χ1n) is 5.68. The fraction of sp³-hybridized carbons (Fsp3) is 0.417. The van der Waals surface area contributed by atoms with E-state index in [0.29, 0.717) is 26.3 Å². The largest absolute Gasteiger partial charge is 0.379 e. The zero-order valence-corrected chi connectivity index (χ0v) is 9.78. The molecule has 0 saturated carbocycles. The molecule has 0 aromatic heterocycles. The van der Waals surface area contributed by atoms with Crippen LogP contribution in [0, 0.1) is 21.4 Å². The number of morpholine rings is 1. The van der Waals surface area contributed by atoms with Gasteiger partial charge in [-0.1, -0.05) is 0 Å². The van der Waals surface area contributed by atoms with Crippen LogP contribution in [0.25, 0.3) is 0 Å². The summed E-state index contributed by atoms with van der Waals surface area (Å²) in [6, 6.07) is 8.01. The number of nitro benzene ring substituents is 1. The van der Waals surface area contributed by atoms with Gasteiger partial charge in [0.2, 0.25) is 0 Å². The van der Waals surface area contributed by atoms with Gasteiger partial charge in [0, 0.05) is 25.2 Å². The molecule has 1 heterocycles. The molecular formula is C12H13N3O3. The number of hydrogen-bond donors (Lipinski definition) is 0. The van der Waals surface area contributed by atoms with E-state index in [0.717, 1.165) is 5.56 Å². The second kappa shape index (κ2) is 5.58. The Morgan fingerprint density at radius 1 is 1.33 bits per heavy atom. The number of benzene rings is 1. The molecule has 1 aromatic rings. The van der Waals surface area contributed by atoms with Gasteiger partial charge in [0.25, 0.3) is 5.69 Å². The van der Waals surface area contributed by atoms with E-state index in [-0.39, 0.29) is 11.7 Å². The molecule has 6 heteroatoms. The summed E-state index contributed by atoms with van der Waals surface area (Å²) in [4.78, 5) is 12.1. The van der Waals surface area contributed by atoms with Gasteiger partial charge in [-0.25, -0.2) is 0 Å². The van der Waals surface area contributed by atoms with Gasteiger partial charge in [-0.2, -0.15) is 5.26 Å². The monoisotopic (exact) mass is 247 g/mol. The molecule has 1 aromatic carbocycles. The minimum Gasteiger partial charge on any atom is -0.379 e. The highest BCUT2D eigenvalue weighted by molar-refractivity contribution is 5.35. The van der Waals surface area contributed by atoms with E-state index >= 15 is 0 Å². The Balaban J connectivity index is 2.17. The summed E-state index contributed by atoms with van der Waals surface area (Å²) in [7, 11) is 0. The second-order valence-electron chi connectivity index (χ2n) is 4.03. The van der Waals surface area contributed by atoms with E-state index in [1.54, 1.807) is 12.1 Å². The Morgan fingerprint density at radius 2 is 1.94 bits per heavy atom. The fourth-order valence-electron chi connectivity index (χ4n) is 1.98. The number of non-ortho nitro benzene ring substituents is 1. The van der Waals surface area contributed by atoms with E-state index in [9.17, 15) is 15.4 Å². The van der Waals surface area contributed by atoms with Gasteiger partial charge in [-0.05, 0) is 17.7 Å². The van der Waals surface area contributed by atoms with Crippen LogP contribution in [0.4, 0.5) is 5.69 Å². The summed E-state index contributed by atoms with van der Waals surface area (Å²) in [5.74, 6) is 0. The maximum Gasteiger partial charge on any atom is 0.269 e. The Hall–Kier alpha value is -1.97. The van der Waals surface area contributed by atoms with E-state index in [1.165, 1.54) is 12.1 Å². The lowest BCUT2D eigenvalue weighted by molar-refractivity contribution is -0.384. The zero-order chi connectivity index (χ0) is 13.0. The average molecular weight is 247 g/mol. The van der Waals surface area contributed by atoms with Crippen molar-refractivity contribution in [3.8, 4) is 6.07 Å². The van der Waals surface area contributed by atoms with Gasteiger partial charge in [-0.15, -0.1) is 0 Å². The van der Waals surface area contributed by atoms with Gasteiger partial charge in [-0.3, -0.25) is 15.0 Å². The lowest BCUT2D eigenvalue weighted by Crippen LogP contribution is -2.38. The third kappa shape index (κ3) is 2.64. The summed E-state index contributed by atoms with van der Waals surface area (Å²) in [6.45, 7) is 2.64. The van der Waals surface area contributed by atoms with Gasteiger partial charge in [0.05, 0.1) is 24.2 Å². The van der Waals surface area contributed by atoms with Crippen molar-refractivity contribution in [2.24, 2.45) is 0 Å². The Kier molecular flexibility index (Phi) is 3.87. The Morgan fingerprint density at radius 3 is 2.44 bits per heavy atom. The molecule has 0 radical (unpaired) electrons. The number of nitriles is 1. The lowest BCUT2D eigenvalue weighted by atomic mass is 10.1. The topological polar surface area (TPSA) is 79.4 Å². The van der Waals surface area contributed by atoms with E-state index in [1.807, 2.05) is 4.90 Å². The molecule has 0 N–H and O–H groups in total. The van der Waals surface area contributed by atoms with Crippen LogP contribution in [0.5, 0.6) is 0 Å². The van der Waals surface area contributed by atoms with Crippen molar-refractivity contribution in [1.82, 2.24) is 4.90 Å². The molecule has 0 aliphatic carbocycles. The average Bonchev–Trinajstić information content (AvgIpc) is 2.41. The zero-order valence-electron chi connectivity index (χ0n) is 9.78. The first-order chi connectivity index (χ1) is 8.72. The van der Waals surface area contributed by atoms with Crippen molar-refractivity contribution >= 4 is 5.69 Å². The second-order valence-corrected chi connectivity index (χ2v) is 4.03. The maximum absolute atomic E-state index is 10.6. The molecule has 1 aliphatic heterocycles. The highest BCUT2D eigenvalue weighted by Crippen LogP contribution is 2.23. The minimum absolute atomic E-state index is 0.0393. The van der Waals surface area contributed by atoms with Gasteiger partial charge in [0.15, 0.2) is 0 Å². The smallest absolute Gasteiger partial charge is 0.269 e. The third-order valence-electron chi connectivity index (χ3n) is 2.95. The van der Waals surface area contributed by atoms with E-state index < -0.39 is 4.92 Å². The van der Waals surface area contributed by atoms with Crippen molar-refractivity contribution in [3.05, 3.63) is 39.9 Å².